The lowest BCUT2D eigenvalue weighted by Crippen LogP contribution is -2.08. The third-order valence-electron chi connectivity index (χ3n) is 1.11. The standard InChI is InChI=1S/C7H9N3O/c1-2-3-7(11)10-6-4-8-9-5-6/h2,4-5H,1,3H2,(H,8,9)(H,10,11). The van der Waals surface area contributed by atoms with Crippen LogP contribution in [0, 0.1) is 0 Å². The highest BCUT2D eigenvalue weighted by Gasteiger charge is 1.98. The van der Waals surface area contributed by atoms with Crippen molar-refractivity contribution in [2.75, 3.05) is 5.32 Å². The number of nitrogens with one attached hydrogen (secondary N) is 2. The van der Waals surface area contributed by atoms with Crippen LogP contribution in [0.1, 0.15) is 6.42 Å². The molecule has 0 bridgehead atoms. The topological polar surface area (TPSA) is 57.8 Å². The third-order valence-corrected chi connectivity index (χ3v) is 1.11. The van der Waals surface area contributed by atoms with E-state index in [1.807, 2.05) is 0 Å². The summed E-state index contributed by atoms with van der Waals surface area (Å²) in [5.74, 6) is -0.0820. The summed E-state index contributed by atoms with van der Waals surface area (Å²) in [5.41, 5.74) is 0.678. The Morgan fingerprint density at radius 3 is 3.27 bits per heavy atom. The van der Waals surface area contributed by atoms with E-state index in [9.17, 15) is 4.79 Å². The van der Waals surface area contributed by atoms with E-state index in [0.717, 1.165) is 0 Å². The average Bonchev–Trinajstić information content (AvgIpc) is 2.40. The van der Waals surface area contributed by atoms with Crippen LogP contribution in [0.3, 0.4) is 0 Å². The third kappa shape index (κ3) is 2.25. The smallest absolute Gasteiger partial charge is 0.228 e. The van der Waals surface area contributed by atoms with Crippen molar-refractivity contribution >= 4 is 11.6 Å². The molecule has 0 saturated carbocycles. The number of aromatic nitrogens is 2. The lowest BCUT2D eigenvalue weighted by atomic mass is 10.4. The molecule has 1 aromatic heterocycles. The molecule has 0 unspecified atom stereocenters. The molecule has 4 heteroatoms. The number of carbonyl (C=O) groups is 1. The van der Waals surface area contributed by atoms with E-state index in [2.05, 4.69) is 22.1 Å². The van der Waals surface area contributed by atoms with Crippen molar-refractivity contribution in [3.05, 3.63) is 25.0 Å². The van der Waals surface area contributed by atoms with Gasteiger partial charge in [0.15, 0.2) is 0 Å². The molecule has 1 amide bonds. The number of rotatable bonds is 3. The molecule has 0 aliphatic rings. The summed E-state index contributed by atoms with van der Waals surface area (Å²) in [6.45, 7) is 3.45. The van der Waals surface area contributed by atoms with E-state index >= 15 is 0 Å². The number of H-pyrrole nitrogens is 1. The Labute approximate surface area is 64.3 Å². The van der Waals surface area contributed by atoms with Crippen LogP contribution in [0.2, 0.25) is 0 Å². The van der Waals surface area contributed by atoms with E-state index in [1.54, 1.807) is 18.5 Å². The van der Waals surface area contributed by atoms with E-state index in [0.29, 0.717) is 12.1 Å². The van der Waals surface area contributed by atoms with Crippen LogP contribution in [0.4, 0.5) is 5.69 Å². The lowest BCUT2D eigenvalue weighted by molar-refractivity contribution is -0.115. The molecule has 0 aliphatic heterocycles. The predicted molar refractivity (Wildman–Crippen MR) is 42.0 cm³/mol. The molecule has 1 rings (SSSR count). The summed E-state index contributed by atoms with van der Waals surface area (Å²) in [7, 11) is 0. The second-order valence-corrected chi connectivity index (χ2v) is 2.03. The largest absolute Gasteiger partial charge is 0.323 e. The lowest BCUT2D eigenvalue weighted by Gasteiger charge is -1.96. The fraction of sp³-hybridized carbons (Fsp3) is 0.143. The van der Waals surface area contributed by atoms with Crippen LogP contribution in [0.5, 0.6) is 0 Å². The molecular formula is C7H9N3O. The molecule has 4 nitrogen and oxygen atoms in total. The average molecular weight is 151 g/mol. The summed E-state index contributed by atoms with van der Waals surface area (Å²) < 4.78 is 0. The molecule has 0 spiro atoms. The van der Waals surface area contributed by atoms with Crippen LogP contribution in [-0.4, -0.2) is 16.1 Å². The molecule has 0 radical (unpaired) electrons. The van der Waals surface area contributed by atoms with Crippen LogP contribution in [0.15, 0.2) is 25.0 Å². The summed E-state index contributed by atoms with van der Waals surface area (Å²) in [5, 5.41) is 8.88. The number of hydrogen-bond donors (Lipinski definition) is 2. The van der Waals surface area contributed by atoms with Gasteiger partial charge in [-0.1, -0.05) is 6.08 Å². The summed E-state index contributed by atoms with van der Waals surface area (Å²) in [6.07, 6.45) is 5.03. The molecule has 1 heterocycles. The van der Waals surface area contributed by atoms with Crippen LogP contribution >= 0.6 is 0 Å². The highest BCUT2D eigenvalue weighted by atomic mass is 16.1. The van der Waals surface area contributed by atoms with Gasteiger partial charge in [-0.3, -0.25) is 9.89 Å². The van der Waals surface area contributed by atoms with Gasteiger partial charge < -0.3 is 5.32 Å². The minimum Gasteiger partial charge on any atom is -0.323 e. The molecular weight excluding hydrogens is 142 g/mol. The number of anilines is 1. The highest BCUT2D eigenvalue weighted by molar-refractivity contribution is 5.91. The molecule has 2 N–H and O–H groups in total. The van der Waals surface area contributed by atoms with Crippen LogP contribution < -0.4 is 5.32 Å². The maximum atomic E-state index is 10.9. The summed E-state index contributed by atoms with van der Waals surface area (Å²) in [4.78, 5) is 10.9. The summed E-state index contributed by atoms with van der Waals surface area (Å²) >= 11 is 0. The molecule has 58 valence electrons. The van der Waals surface area contributed by atoms with E-state index < -0.39 is 0 Å². The van der Waals surface area contributed by atoms with E-state index in [-0.39, 0.29) is 5.91 Å². The minimum atomic E-state index is -0.0820. The van der Waals surface area contributed by atoms with Crippen molar-refractivity contribution in [1.29, 1.82) is 0 Å². The Morgan fingerprint density at radius 1 is 1.91 bits per heavy atom. The van der Waals surface area contributed by atoms with Crippen molar-refractivity contribution < 1.29 is 4.79 Å². The van der Waals surface area contributed by atoms with Gasteiger partial charge in [0.25, 0.3) is 0 Å². The molecule has 0 aromatic carbocycles. The number of amides is 1. The van der Waals surface area contributed by atoms with Crippen LogP contribution in [-0.2, 0) is 4.79 Å². The fourth-order valence-corrected chi connectivity index (χ4v) is 0.662. The zero-order valence-corrected chi connectivity index (χ0v) is 6.00. The van der Waals surface area contributed by atoms with Gasteiger partial charge in [0.05, 0.1) is 11.9 Å². The van der Waals surface area contributed by atoms with Gasteiger partial charge in [0.2, 0.25) is 5.91 Å². The Bertz CT molecular complexity index is 240. The Hall–Kier alpha value is -1.58. The maximum absolute atomic E-state index is 10.9. The first-order valence-electron chi connectivity index (χ1n) is 3.22. The monoisotopic (exact) mass is 151 g/mol. The van der Waals surface area contributed by atoms with Gasteiger partial charge in [-0.2, -0.15) is 5.10 Å². The first-order valence-corrected chi connectivity index (χ1v) is 3.22. The Balaban J connectivity index is 2.43. The number of hydrogen-bond acceptors (Lipinski definition) is 2. The van der Waals surface area contributed by atoms with Crippen molar-refractivity contribution in [3.63, 3.8) is 0 Å². The fourth-order valence-electron chi connectivity index (χ4n) is 0.662. The minimum absolute atomic E-state index is 0.0820. The number of carbonyl (C=O) groups excluding carboxylic acids is 1. The normalized spacial score (nSPS) is 9.09. The van der Waals surface area contributed by atoms with Crippen molar-refractivity contribution in [1.82, 2.24) is 10.2 Å². The van der Waals surface area contributed by atoms with Gasteiger partial charge in [-0.25, -0.2) is 0 Å². The second-order valence-electron chi connectivity index (χ2n) is 2.03. The van der Waals surface area contributed by atoms with Gasteiger partial charge in [-0.05, 0) is 0 Å². The Kier molecular flexibility index (Phi) is 2.43. The first-order chi connectivity index (χ1) is 5.33. The van der Waals surface area contributed by atoms with Gasteiger partial charge >= 0.3 is 0 Å². The molecule has 0 fully saturated rings. The predicted octanol–water partition coefficient (Wildman–Crippen LogP) is 0.924. The van der Waals surface area contributed by atoms with Crippen LogP contribution in [0.25, 0.3) is 0 Å². The molecule has 1 aromatic rings. The van der Waals surface area contributed by atoms with Gasteiger partial charge in [0, 0.05) is 12.6 Å². The zero-order valence-electron chi connectivity index (χ0n) is 6.00. The molecule has 0 saturated heterocycles. The van der Waals surface area contributed by atoms with E-state index in [1.165, 1.54) is 0 Å². The number of nitrogens with zero attached hydrogens (tertiary/aromatic N) is 1. The molecule has 11 heavy (non-hydrogen) atoms. The van der Waals surface area contributed by atoms with Gasteiger partial charge in [0.1, 0.15) is 0 Å². The van der Waals surface area contributed by atoms with Crippen molar-refractivity contribution in [2.45, 2.75) is 6.42 Å². The van der Waals surface area contributed by atoms with E-state index in [4.69, 9.17) is 0 Å². The zero-order chi connectivity index (χ0) is 8.10. The first kappa shape index (κ1) is 7.53. The highest BCUT2D eigenvalue weighted by Crippen LogP contribution is 2.01. The maximum Gasteiger partial charge on any atom is 0.228 e. The van der Waals surface area contributed by atoms with Gasteiger partial charge in [-0.15, -0.1) is 6.58 Å². The SMILES string of the molecule is C=CCC(=O)Nc1cn[nH]c1. The molecule has 0 aliphatic carbocycles. The summed E-state index contributed by atoms with van der Waals surface area (Å²) in [6, 6.07) is 0. The molecule has 0 atom stereocenters. The van der Waals surface area contributed by atoms with Crippen molar-refractivity contribution in [2.24, 2.45) is 0 Å². The Morgan fingerprint density at radius 2 is 2.73 bits per heavy atom. The quantitative estimate of drug-likeness (QED) is 0.631. The number of aromatic amines is 1. The second kappa shape index (κ2) is 3.55. The van der Waals surface area contributed by atoms with Crippen molar-refractivity contribution in [3.8, 4) is 0 Å².